The zero-order chi connectivity index (χ0) is 19.0. The molecule has 3 heterocycles. The summed E-state index contributed by atoms with van der Waals surface area (Å²) in [5, 5.41) is 4.07. The number of H-pyrrole nitrogens is 1. The van der Waals surface area contributed by atoms with Crippen molar-refractivity contribution in [2.75, 3.05) is 6.54 Å². The van der Waals surface area contributed by atoms with Crippen LogP contribution >= 0.6 is 0 Å². The molecule has 1 aliphatic rings. The van der Waals surface area contributed by atoms with Gasteiger partial charge in [-0.3, -0.25) is 4.79 Å². The monoisotopic (exact) mass is 367 g/mol. The molecule has 27 heavy (non-hydrogen) atoms. The number of amides is 1. The van der Waals surface area contributed by atoms with Gasteiger partial charge in [-0.1, -0.05) is 25.1 Å². The van der Waals surface area contributed by atoms with Crippen LogP contribution in [0.4, 0.5) is 0 Å². The normalized spacial score (nSPS) is 17.8. The van der Waals surface area contributed by atoms with Crippen LogP contribution in [0.15, 0.2) is 22.7 Å². The van der Waals surface area contributed by atoms with E-state index in [9.17, 15) is 4.79 Å². The second-order valence-electron chi connectivity index (χ2n) is 7.59. The van der Waals surface area contributed by atoms with E-state index in [2.05, 4.69) is 20.1 Å². The van der Waals surface area contributed by atoms with Gasteiger partial charge in [-0.25, -0.2) is 4.98 Å². The molecule has 1 fully saturated rings. The molecule has 1 atom stereocenters. The van der Waals surface area contributed by atoms with Gasteiger partial charge in [-0.2, -0.15) is 4.98 Å². The second-order valence-corrected chi connectivity index (χ2v) is 7.59. The van der Waals surface area contributed by atoms with Gasteiger partial charge in [0.15, 0.2) is 5.82 Å². The highest BCUT2D eigenvalue weighted by atomic mass is 16.5. The molecule has 1 amide bonds. The molecule has 0 unspecified atom stereocenters. The van der Waals surface area contributed by atoms with Gasteiger partial charge in [0, 0.05) is 12.5 Å². The van der Waals surface area contributed by atoms with Crippen molar-refractivity contribution in [2.45, 2.75) is 58.4 Å². The number of hydrogen-bond donors (Lipinski definition) is 1. The van der Waals surface area contributed by atoms with Crippen molar-refractivity contribution in [2.24, 2.45) is 0 Å². The molecule has 2 aromatic heterocycles. The van der Waals surface area contributed by atoms with Gasteiger partial charge in [0.1, 0.15) is 11.9 Å². The van der Waals surface area contributed by atoms with Crippen molar-refractivity contribution in [3.63, 3.8) is 0 Å². The summed E-state index contributed by atoms with van der Waals surface area (Å²) in [5.41, 5.74) is 2.87. The van der Waals surface area contributed by atoms with E-state index in [1.807, 2.05) is 43.9 Å². The molecule has 0 radical (unpaired) electrons. The van der Waals surface area contributed by atoms with E-state index in [4.69, 9.17) is 4.52 Å². The Morgan fingerprint density at radius 3 is 2.96 bits per heavy atom. The summed E-state index contributed by atoms with van der Waals surface area (Å²) in [7, 11) is 0. The van der Waals surface area contributed by atoms with Gasteiger partial charge in [-0.15, -0.1) is 0 Å². The second kappa shape index (κ2) is 7.13. The highest BCUT2D eigenvalue weighted by Crippen LogP contribution is 2.31. The minimum absolute atomic E-state index is 0.0968. The molecule has 1 aliphatic heterocycles. The number of nitrogens with zero attached hydrogens (tertiary/aromatic N) is 4. The van der Waals surface area contributed by atoms with Gasteiger partial charge in [0.05, 0.1) is 17.5 Å². The standard InChI is InChI=1S/C20H25N5O2/c1-12(2)19-23-20(27-24-19)17-6-4-5-9-25(17)18(26)11-14-7-8-15-16(10-14)22-13(3)21-15/h7-8,10,12,17H,4-6,9,11H2,1-3H3,(H,21,22)/t17-/m0/s1. The number of fused-ring (bicyclic) bond motifs is 1. The Labute approximate surface area is 158 Å². The number of imidazole rings is 1. The van der Waals surface area contributed by atoms with E-state index in [-0.39, 0.29) is 17.9 Å². The summed E-state index contributed by atoms with van der Waals surface area (Å²) in [6.45, 7) is 6.73. The maximum absolute atomic E-state index is 13.0. The number of rotatable bonds is 4. The van der Waals surface area contributed by atoms with Crippen LogP contribution in [-0.4, -0.2) is 37.5 Å². The van der Waals surface area contributed by atoms with E-state index in [0.717, 1.165) is 48.2 Å². The fourth-order valence-corrected chi connectivity index (χ4v) is 3.67. The van der Waals surface area contributed by atoms with Crippen molar-refractivity contribution in [3.05, 3.63) is 41.3 Å². The van der Waals surface area contributed by atoms with Crippen molar-refractivity contribution in [3.8, 4) is 0 Å². The van der Waals surface area contributed by atoms with Crippen molar-refractivity contribution < 1.29 is 9.32 Å². The Morgan fingerprint density at radius 2 is 2.19 bits per heavy atom. The molecule has 0 bridgehead atoms. The average molecular weight is 367 g/mol. The maximum Gasteiger partial charge on any atom is 0.249 e. The van der Waals surface area contributed by atoms with Crippen LogP contribution in [0.5, 0.6) is 0 Å². The largest absolute Gasteiger partial charge is 0.342 e. The van der Waals surface area contributed by atoms with Gasteiger partial charge in [-0.05, 0) is 43.9 Å². The molecule has 4 rings (SSSR count). The molecule has 1 N–H and O–H groups in total. The molecule has 1 saturated heterocycles. The van der Waals surface area contributed by atoms with Crippen LogP contribution in [0.1, 0.15) is 68.2 Å². The Hall–Kier alpha value is -2.70. The van der Waals surface area contributed by atoms with Gasteiger partial charge in [0.25, 0.3) is 0 Å². The number of benzene rings is 1. The predicted octanol–water partition coefficient (Wildman–Crippen LogP) is 3.67. The van der Waals surface area contributed by atoms with Crippen LogP contribution in [-0.2, 0) is 11.2 Å². The molecule has 7 nitrogen and oxygen atoms in total. The number of likely N-dealkylation sites (tertiary alicyclic amines) is 1. The minimum Gasteiger partial charge on any atom is -0.342 e. The Morgan fingerprint density at radius 1 is 1.33 bits per heavy atom. The summed E-state index contributed by atoms with van der Waals surface area (Å²) in [5.74, 6) is 2.44. The SMILES string of the molecule is Cc1nc2ccc(CC(=O)N3CCCC[C@H]3c3nc(C(C)C)no3)cc2[nH]1. The molecule has 1 aromatic carbocycles. The number of aromatic nitrogens is 4. The molecule has 142 valence electrons. The van der Waals surface area contributed by atoms with E-state index in [1.165, 1.54) is 0 Å². The maximum atomic E-state index is 13.0. The third-order valence-corrected chi connectivity index (χ3v) is 5.10. The number of aromatic amines is 1. The molecule has 0 saturated carbocycles. The fourth-order valence-electron chi connectivity index (χ4n) is 3.67. The van der Waals surface area contributed by atoms with Gasteiger partial charge >= 0.3 is 0 Å². The third kappa shape index (κ3) is 3.59. The van der Waals surface area contributed by atoms with Crippen LogP contribution in [0, 0.1) is 6.92 Å². The molecular formula is C20H25N5O2. The average Bonchev–Trinajstić information content (AvgIpc) is 3.27. The molecular weight excluding hydrogens is 342 g/mol. The lowest BCUT2D eigenvalue weighted by Gasteiger charge is -2.33. The smallest absolute Gasteiger partial charge is 0.249 e. The lowest BCUT2D eigenvalue weighted by Crippen LogP contribution is -2.39. The predicted molar refractivity (Wildman–Crippen MR) is 101 cm³/mol. The van der Waals surface area contributed by atoms with Gasteiger partial charge in [0.2, 0.25) is 11.8 Å². The van der Waals surface area contributed by atoms with Crippen LogP contribution in [0.25, 0.3) is 11.0 Å². The summed E-state index contributed by atoms with van der Waals surface area (Å²) < 4.78 is 5.49. The van der Waals surface area contributed by atoms with Crippen LogP contribution in [0.2, 0.25) is 0 Å². The number of carbonyl (C=O) groups excluding carboxylic acids is 1. The van der Waals surface area contributed by atoms with Crippen molar-refractivity contribution >= 4 is 16.9 Å². The summed E-state index contributed by atoms with van der Waals surface area (Å²) in [4.78, 5) is 27.1. The summed E-state index contributed by atoms with van der Waals surface area (Å²) in [6, 6.07) is 5.82. The van der Waals surface area contributed by atoms with E-state index < -0.39 is 0 Å². The number of carbonyl (C=O) groups is 1. The number of hydrogen-bond acceptors (Lipinski definition) is 5. The number of aryl methyl sites for hydroxylation is 1. The van der Waals surface area contributed by atoms with Crippen molar-refractivity contribution in [1.82, 2.24) is 25.0 Å². The fraction of sp³-hybridized carbons (Fsp3) is 0.500. The first-order valence-corrected chi connectivity index (χ1v) is 9.59. The van der Waals surface area contributed by atoms with Gasteiger partial charge < -0.3 is 14.4 Å². The van der Waals surface area contributed by atoms with Crippen molar-refractivity contribution in [1.29, 1.82) is 0 Å². The number of nitrogens with one attached hydrogen (secondary N) is 1. The first kappa shape index (κ1) is 17.7. The highest BCUT2D eigenvalue weighted by molar-refractivity contribution is 5.82. The van der Waals surface area contributed by atoms with E-state index in [1.54, 1.807) is 0 Å². The topological polar surface area (TPSA) is 87.9 Å². The Kier molecular flexibility index (Phi) is 4.68. The Balaban J connectivity index is 1.53. The summed E-state index contributed by atoms with van der Waals surface area (Å²) >= 11 is 0. The molecule has 7 heteroatoms. The molecule has 0 aliphatic carbocycles. The van der Waals surface area contributed by atoms with Crippen LogP contribution < -0.4 is 0 Å². The van der Waals surface area contributed by atoms with E-state index in [0.29, 0.717) is 18.1 Å². The first-order valence-electron chi connectivity index (χ1n) is 9.59. The lowest BCUT2D eigenvalue weighted by molar-refractivity contribution is -0.135. The zero-order valence-corrected chi connectivity index (χ0v) is 16.0. The third-order valence-electron chi connectivity index (χ3n) is 5.10. The Bertz CT molecular complexity index is 958. The molecule has 3 aromatic rings. The summed E-state index contributed by atoms with van der Waals surface area (Å²) in [6.07, 6.45) is 3.29. The lowest BCUT2D eigenvalue weighted by atomic mass is 10.0. The zero-order valence-electron chi connectivity index (χ0n) is 16.0. The van der Waals surface area contributed by atoms with Crippen LogP contribution in [0.3, 0.4) is 0 Å². The highest BCUT2D eigenvalue weighted by Gasteiger charge is 2.32. The quantitative estimate of drug-likeness (QED) is 0.760. The number of piperidine rings is 1. The molecule has 0 spiro atoms. The minimum atomic E-state index is -0.121. The van der Waals surface area contributed by atoms with E-state index >= 15 is 0 Å². The first-order chi connectivity index (χ1) is 13.0.